The second-order valence-electron chi connectivity index (χ2n) is 6.55. The van der Waals surface area contributed by atoms with Crippen molar-refractivity contribution in [2.45, 2.75) is 19.3 Å². The molecule has 0 bridgehead atoms. The van der Waals surface area contributed by atoms with Crippen LogP contribution in [0.15, 0.2) is 66.9 Å². The summed E-state index contributed by atoms with van der Waals surface area (Å²) in [7, 11) is 0. The predicted molar refractivity (Wildman–Crippen MR) is 100 cm³/mol. The van der Waals surface area contributed by atoms with Crippen molar-refractivity contribution in [2.75, 3.05) is 6.54 Å². The second-order valence-corrected chi connectivity index (χ2v) is 6.99. The summed E-state index contributed by atoms with van der Waals surface area (Å²) >= 11 is 5.94. The van der Waals surface area contributed by atoms with Crippen LogP contribution < -0.4 is 5.32 Å². The molecule has 0 spiro atoms. The van der Waals surface area contributed by atoms with E-state index in [9.17, 15) is 4.79 Å². The van der Waals surface area contributed by atoms with Crippen LogP contribution >= 0.6 is 11.6 Å². The summed E-state index contributed by atoms with van der Waals surface area (Å²) in [5.41, 5.74) is 2.23. The molecule has 3 aromatic rings. The maximum absolute atomic E-state index is 12.4. The third-order valence-corrected chi connectivity index (χ3v) is 4.41. The van der Waals surface area contributed by atoms with Crippen LogP contribution in [0.5, 0.6) is 0 Å². The molecule has 1 amide bonds. The van der Waals surface area contributed by atoms with Gasteiger partial charge in [0, 0.05) is 23.2 Å². The first-order chi connectivity index (χ1) is 12.0. The molecule has 0 aliphatic heterocycles. The Labute approximate surface area is 152 Å². The van der Waals surface area contributed by atoms with Crippen LogP contribution in [0, 0.1) is 0 Å². The van der Waals surface area contributed by atoms with Crippen molar-refractivity contribution in [3.05, 3.63) is 83.1 Å². The van der Waals surface area contributed by atoms with Gasteiger partial charge < -0.3 is 5.32 Å². The second kappa shape index (κ2) is 7.11. The highest BCUT2D eigenvalue weighted by atomic mass is 35.5. The van der Waals surface area contributed by atoms with Gasteiger partial charge in [-0.3, -0.25) is 4.79 Å². The Bertz CT molecular complexity index is 854. The number of carbonyl (C=O) groups is 1. The van der Waals surface area contributed by atoms with Crippen molar-refractivity contribution in [3.8, 4) is 5.69 Å². The number of aromatic nitrogens is 2. The third-order valence-electron chi connectivity index (χ3n) is 4.16. The van der Waals surface area contributed by atoms with Gasteiger partial charge in [-0.2, -0.15) is 5.10 Å². The van der Waals surface area contributed by atoms with Crippen LogP contribution in [0.25, 0.3) is 5.69 Å². The van der Waals surface area contributed by atoms with Crippen molar-refractivity contribution >= 4 is 17.5 Å². The Morgan fingerprint density at radius 2 is 1.76 bits per heavy atom. The van der Waals surface area contributed by atoms with Crippen LogP contribution in [0.3, 0.4) is 0 Å². The first-order valence-corrected chi connectivity index (χ1v) is 8.49. The number of amides is 1. The zero-order chi connectivity index (χ0) is 17.9. The average molecular weight is 354 g/mol. The van der Waals surface area contributed by atoms with Gasteiger partial charge in [-0.15, -0.1) is 0 Å². The van der Waals surface area contributed by atoms with E-state index in [1.807, 2.05) is 54.6 Å². The van der Waals surface area contributed by atoms with E-state index in [0.717, 1.165) is 11.3 Å². The van der Waals surface area contributed by atoms with Crippen LogP contribution in [0.1, 0.15) is 29.9 Å². The lowest BCUT2D eigenvalue weighted by molar-refractivity contribution is 0.0940. The summed E-state index contributed by atoms with van der Waals surface area (Å²) in [4.78, 5) is 12.4. The van der Waals surface area contributed by atoms with E-state index in [2.05, 4.69) is 24.3 Å². The average Bonchev–Trinajstić information content (AvgIpc) is 3.11. The molecule has 0 saturated heterocycles. The molecular weight excluding hydrogens is 334 g/mol. The zero-order valence-electron chi connectivity index (χ0n) is 14.2. The maximum atomic E-state index is 12.4. The lowest BCUT2D eigenvalue weighted by Gasteiger charge is -2.25. The molecule has 1 N–H and O–H groups in total. The van der Waals surface area contributed by atoms with Gasteiger partial charge in [-0.05, 0) is 35.9 Å². The number of hydrogen-bond donors (Lipinski definition) is 1. The fourth-order valence-corrected chi connectivity index (χ4v) is 2.69. The number of nitrogens with one attached hydrogen (secondary N) is 1. The fraction of sp³-hybridized carbons (Fsp3) is 0.200. The monoisotopic (exact) mass is 353 g/mol. The topological polar surface area (TPSA) is 46.9 Å². The highest BCUT2D eigenvalue weighted by Gasteiger charge is 2.22. The molecule has 0 fully saturated rings. The molecule has 0 aliphatic carbocycles. The molecule has 2 aromatic carbocycles. The molecule has 0 radical (unpaired) electrons. The first kappa shape index (κ1) is 17.2. The smallest absolute Gasteiger partial charge is 0.271 e. The summed E-state index contributed by atoms with van der Waals surface area (Å²) in [6.07, 6.45) is 1.79. The molecule has 4 nitrogen and oxygen atoms in total. The number of rotatable bonds is 5. The number of hydrogen-bond acceptors (Lipinski definition) is 2. The number of halogens is 1. The molecule has 1 heterocycles. The number of benzene rings is 2. The molecular formula is C20H20ClN3O. The molecule has 0 unspecified atom stereocenters. The van der Waals surface area contributed by atoms with Gasteiger partial charge in [0.15, 0.2) is 5.69 Å². The lowest BCUT2D eigenvalue weighted by Crippen LogP contribution is -2.36. The Morgan fingerprint density at radius 3 is 2.44 bits per heavy atom. The van der Waals surface area contributed by atoms with E-state index in [1.165, 1.54) is 0 Å². The first-order valence-electron chi connectivity index (χ1n) is 8.11. The van der Waals surface area contributed by atoms with E-state index in [0.29, 0.717) is 17.3 Å². The normalized spacial score (nSPS) is 11.3. The number of para-hydroxylation sites is 1. The van der Waals surface area contributed by atoms with Gasteiger partial charge in [-0.25, -0.2) is 4.68 Å². The Hall–Kier alpha value is -2.59. The minimum absolute atomic E-state index is 0.184. The Kier molecular flexibility index (Phi) is 4.91. The fourth-order valence-electron chi connectivity index (χ4n) is 2.56. The lowest BCUT2D eigenvalue weighted by atomic mass is 9.84. The predicted octanol–water partition coefficient (Wildman–Crippen LogP) is 4.23. The van der Waals surface area contributed by atoms with Crippen molar-refractivity contribution < 1.29 is 4.79 Å². The molecule has 0 aliphatic rings. The van der Waals surface area contributed by atoms with E-state index in [4.69, 9.17) is 11.6 Å². The minimum Gasteiger partial charge on any atom is -0.350 e. The summed E-state index contributed by atoms with van der Waals surface area (Å²) < 4.78 is 1.69. The highest BCUT2D eigenvalue weighted by Crippen LogP contribution is 2.24. The van der Waals surface area contributed by atoms with Crippen molar-refractivity contribution in [2.24, 2.45) is 0 Å². The summed E-state index contributed by atoms with van der Waals surface area (Å²) in [6.45, 7) is 4.67. The maximum Gasteiger partial charge on any atom is 0.271 e. The molecule has 25 heavy (non-hydrogen) atoms. The van der Waals surface area contributed by atoms with E-state index < -0.39 is 0 Å². The van der Waals surface area contributed by atoms with E-state index >= 15 is 0 Å². The SMILES string of the molecule is CC(C)(CNC(=O)c1ccn(-c2ccccc2)n1)c1ccc(Cl)cc1. The van der Waals surface area contributed by atoms with E-state index in [1.54, 1.807) is 16.9 Å². The molecule has 0 atom stereocenters. The van der Waals surface area contributed by atoms with Crippen molar-refractivity contribution in [1.29, 1.82) is 0 Å². The van der Waals surface area contributed by atoms with Gasteiger partial charge in [0.25, 0.3) is 5.91 Å². The number of carbonyl (C=O) groups excluding carboxylic acids is 1. The highest BCUT2D eigenvalue weighted by molar-refractivity contribution is 6.30. The summed E-state index contributed by atoms with van der Waals surface area (Å²) in [5, 5.41) is 8.03. The van der Waals surface area contributed by atoms with Gasteiger partial charge in [-0.1, -0.05) is 55.8 Å². The van der Waals surface area contributed by atoms with Crippen LogP contribution in [-0.2, 0) is 5.41 Å². The Morgan fingerprint density at radius 1 is 1.08 bits per heavy atom. The Balaban J connectivity index is 1.66. The van der Waals surface area contributed by atoms with Crippen LogP contribution in [-0.4, -0.2) is 22.2 Å². The summed E-state index contributed by atoms with van der Waals surface area (Å²) in [5.74, 6) is -0.184. The van der Waals surface area contributed by atoms with E-state index in [-0.39, 0.29) is 11.3 Å². The quantitative estimate of drug-likeness (QED) is 0.746. The molecule has 3 rings (SSSR count). The van der Waals surface area contributed by atoms with Crippen LogP contribution in [0.4, 0.5) is 0 Å². The molecule has 128 valence electrons. The van der Waals surface area contributed by atoms with Gasteiger partial charge in [0.1, 0.15) is 0 Å². The van der Waals surface area contributed by atoms with Crippen LogP contribution in [0.2, 0.25) is 5.02 Å². The largest absolute Gasteiger partial charge is 0.350 e. The van der Waals surface area contributed by atoms with Gasteiger partial charge in [0.05, 0.1) is 5.69 Å². The van der Waals surface area contributed by atoms with Gasteiger partial charge in [0.2, 0.25) is 0 Å². The number of nitrogens with zero attached hydrogens (tertiary/aromatic N) is 2. The third kappa shape index (κ3) is 4.09. The minimum atomic E-state index is -0.206. The van der Waals surface area contributed by atoms with Crippen molar-refractivity contribution in [3.63, 3.8) is 0 Å². The van der Waals surface area contributed by atoms with Gasteiger partial charge >= 0.3 is 0 Å². The van der Waals surface area contributed by atoms with Crippen molar-refractivity contribution in [1.82, 2.24) is 15.1 Å². The molecule has 1 aromatic heterocycles. The summed E-state index contributed by atoms with van der Waals surface area (Å²) in [6, 6.07) is 19.1. The zero-order valence-corrected chi connectivity index (χ0v) is 15.0. The standard InChI is InChI=1S/C20H20ClN3O/c1-20(2,15-8-10-16(21)11-9-15)14-22-19(25)18-12-13-24(23-18)17-6-4-3-5-7-17/h3-13H,14H2,1-2H3,(H,22,25). The molecule has 0 saturated carbocycles. The molecule has 5 heteroatoms.